The number of amides is 1. The van der Waals surface area contributed by atoms with Crippen LogP contribution in [-0.4, -0.2) is 38.0 Å². The number of carbonyl (C=O) groups excluding carboxylic acids is 1. The van der Waals surface area contributed by atoms with Crippen molar-refractivity contribution in [3.8, 4) is 23.0 Å². The number of hydrogen-bond donors (Lipinski definition) is 1. The van der Waals surface area contributed by atoms with Gasteiger partial charge in [-0.25, -0.2) is 4.98 Å². The first kappa shape index (κ1) is 18.4. The van der Waals surface area contributed by atoms with E-state index in [-0.39, 0.29) is 11.8 Å². The lowest BCUT2D eigenvalue weighted by Gasteiger charge is -2.22. The molecule has 5 rings (SSSR count). The van der Waals surface area contributed by atoms with Crippen molar-refractivity contribution < 1.29 is 9.53 Å². The number of nitrogens with zero attached hydrogens (tertiary/aromatic N) is 5. The van der Waals surface area contributed by atoms with Crippen molar-refractivity contribution in [3.05, 3.63) is 64.1 Å². The lowest BCUT2D eigenvalue weighted by Crippen LogP contribution is -2.25. The van der Waals surface area contributed by atoms with E-state index in [2.05, 4.69) is 31.7 Å². The maximum absolute atomic E-state index is 12.5. The molecule has 0 spiro atoms. The summed E-state index contributed by atoms with van der Waals surface area (Å²) < 4.78 is 6.87. The molecular weight excluding hydrogens is 400 g/mol. The molecule has 1 N–H and O–H groups in total. The van der Waals surface area contributed by atoms with Gasteiger partial charge in [-0.05, 0) is 30.5 Å². The lowest BCUT2D eigenvalue weighted by atomic mass is 9.91. The number of hydrogen-bond acceptors (Lipinski definition) is 7. The molecule has 0 saturated heterocycles. The van der Waals surface area contributed by atoms with Gasteiger partial charge in [0.2, 0.25) is 5.91 Å². The fourth-order valence-corrected chi connectivity index (χ4v) is 4.57. The highest BCUT2D eigenvalue weighted by Crippen LogP contribution is 2.41. The van der Waals surface area contributed by atoms with Crippen molar-refractivity contribution in [2.75, 3.05) is 12.4 Å². The second-order valence-corrected chi connectivity index (χ2v) is 7.93. The monoisotopic (exact) mass is 418 g/mol. The summed E-state index contributed by atoms with van der Waals surface area (Å²) in [6.45, 7) is 1.94. The zero-order valence-corrected chi connectivity index (χ0v) is 17.2. The Kier molecular flexibility index (Phi) is 4.51. The van der Waals surface area contributed by atoms with Gasteiger partial charge in [0.1, 0.15) is 11.6 Å². The van der Waals surface area contributed by atoms with Gasteiger partial charge in [-0.2, -0.15) is 14.9 Å². The van der Waals surface area contributed by atoms with E-state index in [1.807, 2.05) is 42.6 Å². The van der Waals surface area contributed by atoms with E-state index < -0.39 is 0 Å². The molecule has 1 aliphatic rings. The molecular formula is C21H18N6O2S. The van der Waals surface area contributed by atoms with Crippen LogP contribution in [0.5, 0.6) is 5.75 Å². The molecule has 0 unspecified atom stereocenters. The molecule has 4 heterocycles. The number of carbonyl (C=O) groups is 1. The summed E-state index contributed by atoms with van der Waals surface area (Å²) in [5.41, 5.74) is 3.31. The number of rotatable bonds is 4. The molecule has 1 amide bonds. The maximum Gasteiger partial charge on any atom is 0.272 e. The molecule has 30 heavy (non-hydrogen) atoms. The van der Waals surface area contributed by atoms with Gasteiger partial charge in [0, 0.05) is 28.3 Å². The Morgan fingerprint density at radius 2 is 2.17 bits per heavy atom. The van der Waals surface area contributed by atoms with Gasteiger partial charge in [0.25, 0.3) is 5.95 Å². The normalized spacial score (nSPS) is 15.5. The van der Waals surface area contributed by atoms with Crippen LogP contribution in [0.3, 0.4) is 0 Å². The summed E-state index contributed by atoms with van der Waals surface area (Å²) in [7, 11) is 1.62. The summed E-state index contributed by atoms with van der Waals surface area (Å²) in [4.78, 5) is 18.2. The predicted octanol–water partition coefficient (Wildman–Crippen LogP) is 3.58. The van der Waals surface area contributed by atoms with Crippen LogP contribution in [0.4, 0.5) is 5.82 Å². The van der Waals surface area contributed by atoms with Gasteiger partial charge in [0.05, 0.1) is 24.7 Å². The van der Waals surface area contributed by atoms with Crippen molar-refractivity contribution in [1.29, 1.82) is 0 Å². The summed E-state index contributed by atoms with van der Waals surface area (Å²) in [5.74, 6) is 1.54. The van der Waals surface area contributed by atoms with E-state index in [1.54, 1.807) is 29.3 Å². The highest BCUT2D eigenvalue weighted by atomic mass is 32.1. The molecule has 0 aliphatic carbocycles. The average molecular weight is 418 g/mol. The van der Waals surface area contributed by atoms with Crippen LogP contribution < -0.4 is 10.1 Å². The first-order chi connectivity index (χ1) is 14.6. The summed E-state index contributed by atoms with van der Waals surface area (Å²) >= 11 is 1.64. The lowest BCUT2D eigenvalue weighted by molar-refractivity contribution is -0.116. The van der Waals surface area contributed by atoms with Gasteiger partial charge in [-0.1, -0.05) is 18.2 Å². The summed E-state index contributed by atoms with van der Waals surface area (Å²) in [6.07, 6.45) is 1.98. The Hall–Kier alpha value is -3.59. The SMILES string of the molecule is COc1cccc(-c2cnnc(-n3nc(C)c4c3NC(=O)C[C@@H]4c3cccs3)n2)c1. The third-order valence-corrected chi connectivity index (χ3v) is 6.08. The second-order valence-electron chi connectivity index (χ2n) is 6.95. The molecule has 1 aromatic carbocycles. The fourth-order valence-electron chi connectivity index (χ4n) is 3.73. The van der Waals surface area contributed by atoms with Crippen molar-refractivity contribution >= 4 is 23.1 Å². The van der Waals surface area contributed by atoms with Crippen LogP contribution in [0.2, 0.25) is 0 Å². The van der Waals surface area contributed by atoms with Crippen molar-refractivity contribution in [2.45, 2.75) is 19.3 Å². The molecule has 9 heteroatoms. The molecule has 1 aliphatic heterocycles. The van der Waals surface area contributed by atoms with Crippen LogP contribution in [0.1, 0.15) is 28.5 Å². The third kappa shape index (κ3) is 3.13. The third-order valence-electron chi connectivity index (χ3n) is 5.09. The Balaban J connectivity index is 1.61. The number of nitrogens with one attached hydrogen (secondary N) is 1. The number of aromatic nitrogens is 5. The zero-order chi connectivity index (χ0) is 20.7. The highest BCUT2D eigenvalue weighted by Gasteiger charge is 2.33. The Bertz CT molecular complexity index is 1230. The van der Waals surface area contributed by atoms with Crippen LogP contribution in [0.25, 0.3) is 17.2 Å². The van der Waals surface area contributed by atoms with Gasteiger partial charge >= 0.3 is 0 Å². The molecule has 0 bridgehead atoms. The number of fused-ring (bicyclic) bond motifs is 1. The zero-order valence-electron chi connectivity index (χ0n) is 16.4. The molecule has 0 fully saturated rings. The van der Waals surface area contributed by atoms with E-state index in [0.717, 1.165) is 27.4 Å². The number of thiophene rings is 1. The molecule has 8 nitrogen and oxygen atoms in total. The number of benzene rings is 1. The van der Waals surface area contributed by atoms with Crippen LogP contribution in [-0.2, 0) is 4.79 Å². The smallest absolute Gasteiger partial charge is 0.272 e. The minimum absolute atomic E-state index is 0.0305. The molecule has 3 aromatic heterocycles. The molecule has 4 aromatic rings. The number of anilines is 1. The van der Waals surface area contributed by atoms with Gasteiger partial charge in [-0.3, -0.25) is 4.79 Å². The van der Waals surface area contributed by atoms with Crippen LogP contribution in [0, 0.1) is 6.92 Å². The second kappa shape index (κ2) is 7.34. The average Bonchev–Trinajstić information content (AvgIpc) is 3.42. The number of aryl methyl sites for hydroxylation is 1. The van der Waals surface area contributed by atoms with Crippen molar-refractivity contribution in [3.63, 3.8) is 0 Å². The van der Waals surface area contributed by atoms with E-state index in [4.69, 9.17) is 4.74 Å². The summed E-state index contributed by atoms with van der Waals surface area (Å²) in [6, 6.07) is 11.6. The molecule has 0 saturated carbocycles. The summed E-state index contributed by atoms with van der Waals surface area (Å²) in [5, 5.41) is 17.9. The van der Waals surface area contributed by atoms with Gasteiger partial charge in [-0.15, -0.1) is 16.4 Å². The first-order valence-electron chi connectivity index (χ1n) is 9.41. The molecule has 0 radical (unpaired) electrons. The minimum Gasteiger partial charge on any atom is -0.497 e. The maximum atomic E-state index is 12.5. The minimum atomic E-state index is -0.0565. The van der Waals surface area contributed by atoms with Crippen molar-refractivity contribution in [1.82, 2.24) is 25.0 Å². The topological polar surface area (TPSA) is 94.8 Å². The Morgan fingerprint density at radius 1 is 1.27 bits per heavy atom. The van der Waals surface area contributed by atoms with E-state index in [1.165, 1.54) is 0 Å². The van der Waals surface area contributed by atoms with E-state index in [9.17, 15) is 4.79 Å². The fraction of sp³-hybridized carbons (Fsp3) is 0.190. The van der Waals surface area contributed by atoms with E-state index in [0.29, 0.717) is 23.9 Å². The van der Waals surface area contributed by atoms with E-state index >= 15 is 0 Å². The molecule has 1 atom stereocenters. The van der Waals surface area contributed by atoms with Crippen molar-refractivity contribution in [2.24, 2.45) is 0 Å². The van der Waals surface area contributed by atoms with Gasteiger partial charge in [0.15, 0.2) is 0 Å². The standard InChI is InChI=1S/C21H18N6O2S/c1-12-19-15(17-7-4-8-30-17)10-18(28)24-20(19)27(26-12)21-23-16(11-22-25-21)13-5-3-6-14(9-13)29-2/h3-9,11,15H,10H2,1-2H3,(H,24,28)/t15-/m1/s1. The number of ether oxygens (including phenoxy) is 1. The van der Waals surface area contributed by atoms with Crippen LogP contribution in [0.15, 0.2) is 48.0 Å². The first-order valence-corrected chi connectivity index (χ1v) is 10.3. The highest BCUT2D eigenvalue weighted by molar-refractivity contribution is 7.10. The van der Waals surface area contributed by atoms with Crippen LogP contribution >= 0.6 is 11.3 Å². The Morgan fingerprint density at radius 3 is 2.97 bits per heavy atom. The predicted molar refractivity (Wildman–Crippen MR) is 113 cm³/mol. The largest absolute Gasteiger partial charge is 0.497 e. The Labute approximate surface area is 176 Å². The number of methoxy groups -OCH3 is 1. The quantitative estimate of drug-likeness (QED) is 0.544. The van der Waals surface area contributed by atoms with Gasteiger partial charge < -0.3 is 10.1 Å². The molecule has 150 valence electrons.